The van der Waals surface area contributed by atoms with Crippen LogP contribution in [0.4, 0.5) is 17.1 Å². The number of amides is 2. The summed E-state index contributed by atoms with van der Waals surface area (Å²) in [4.78, 5) is 26.0. The molecule has 136 valence electrons. The van der Waals surface area contributed by atoms with E-state index in [1.54, 1.807) is 4.90 Å². The molecule has 2 aromatic rings. The monoisotopic (exact) mass is 415 g/mol. The van der Waals surface area contributed by atoms with Gasteiger partial charge in [0, 0.05) is 28.8 Å². The predicted molar refractivity (Wildman–Crippen MR) is 109 cm³/mol. The third kappa shape index (κ3) is 4.25. The lowest BCUT2D eigenvalue weighted by atomic mass is 10.2. The van der Waals surface area contributed by atoms with E-state index in [-0.39, 0.29) is 11.8 Å². The van der Waals surface area contributed by atoms with Gasteiger partial charge in [0.05, 0.1) is 5.69 Å². The van der Waals surface area contributed by atoms with Gasteiger partial charge >= 0.3 is 0 Å². The van der Waals surface area contributed by atoms with E-state index in [0.717, 1.165) is 40.1 Å². The van der Waals surface area contributed by atoms with Gasteiger partial charge in [-0.15, -0.1) is 0 Å². The van der Waals surface area contributed by atoms with E-state index in [1.165, 1.54) is 0 Å². The molecule has 0 aromatic heterocycles. The summed E-state index contributed by atoms with van der Waals surface area (Å²) in [5.74, 6) is 0.0514. The number of rotatable bonds is 5. The zero-order chi connectivity index (χ0) is 18.7. The highest BCUT2D eigenvalue weighted by atomic mass is 79.9. The van der Waals surface area contributed by atoms with Crippen LogP contribution in [0.25, 0.3) is 0 Å². The molecule has 1 aliphatic rings. The number of hydrogen-bond acceptors (Lipinski definition) is 3. The number of aryl methyl sites for hydroxylation is 1. The summed E-state index contributed by atoms with van der Waals surface area (Å²) < 4.78 is 0.859. The van der Waals surface area contributed by atoms with Crippen LogP contribution in [-0.2, 0) is 9.59 Å². The van der Waals surface area contributed by atoms with Gasteiger partial charge < -0.3 is 15.5 Å². The average Bonchev–Trinajstić information content (AvgIpc) is 3.04. The smallest absolute Gasteiger partial charge is 0.246 e. The van der Waals surface area contributed by atoms with Crippen LogP contribution in [0.15, 0.2) is 46.9 Å². The summed E-state index contributed by atoms with van der Waals surface area (Å²) in [7, 11) is 0. The lowest BCUT2D eigenvalue weighted by Gasteiger charge is -2.18. The van der Waals surface area contributed by atoms with Crippen molar-refractivity contribution in [3.63, 3.8) is 0 Å². The van der Waals surface area contributed by atoms with Crippen molar-refractivity contribution in [2.75, 3.05) is 22.1 Å². The molecule has 1 saturated heterocycles. The van der Waals surface area contributed by atoms with Crippen LogP contribution >= 0.6 is 15.9 Å². The Morgan fingerprint density at radius 3 is 2.54 bits per heavy atom. The second kappa shape index (κ2) is 7.91. The first-order chi connectivity index (χ1) is 12.4. The molecule has 0 aliphatic carbocycles. The van der Waals surface area contributed by atoms with Gasteiger partial charge in [-0.1, -0.05) is 6.07 Å². The first kappa shape index (κ1) is 18.5. The Morgan fingerprint density at radius 2 is 1.92 bits per heavy atom. The molecular weight excluding hydrogens is 394 g/mol. The maximum absolute atomic E-state index is 12.4. The number of halogens is 1. The van der Waals surface area contributed by atoms with Gasteiger partial charge in [-0.2, -0.15) is 0 Å². The lowest BCUT2D eigenvalue weighted by Crippen LogP contribution is -2.32. The summed E-state index contributed by atoms with van der Waals surface area (Å²) in [6, 6.07) is 13.0. The lowest BCUT2D eigenvalue weighted by molar-refractivity contribution is -0.117. The average molecular weight is 416 g/mol. The molecule has 1 aliphatic heterocycles. The number of hydrogen-bond donors (Lipinski definition) is 2. The van der Waals surface area contributed by atoms with Crippen LogP contribution in [0.1, 0.15) is 25.3 Å². The zero-order valence-corrected chi connectivity index (χ0v) is 16.5. The molecule has 26 heavy (non-hydrogen) atoms. The minimum Gasteiger partial charge on any atom is -0.374 e. The number of carbonyl (C=O) groups excluding carboxylic acids is 2. The number of anilines is 3. The van der Waals surface area contributed by atoms with Gasteiger partial charge in [-0.3, -0.25) is 9.59 Å². The maximum Gasteiger partial charge on any atom is 0.246 e. The molecule has 2 aromatic carbocycles. The Labute approximate surface area is 161 Å². The predicted octanol–water partition coefficient (Wildman–Crippen LogP) is 4.32. The zero-order valence-electron chi connectivity index (χ0n) is 14.9. The Bertz CT molecular complexity index is 820. The first-order valence-corrected chi connectivity index (χ1v) is 9.47. The quantitative estimate of drug-likeness (QED) is 0.763. The largest absolute Gasteiger partial charge is 0.374 e. The van der Waals surface area contributed by atoms with Crippen molar-refractivity contribution in [2.24, 2.45) is 0 Å². The van der Waals surface area contributed by atoms with Crippen LogP contribution in [-0.4, -0.2) is 24.4 Å². The molecule has 0 radical (unpaired) electrons. The van der Waals surface area contributed by atoms with Crippen LogP contribution in [0.5, 0.6) is 0 Å². The number of nitrogens with one attached hydrogen (secondary N) is 2. The molecule has 2 amide bonds. The molecular formula is C20H22BrN3O2. The van der Waals surface area contributed by atoms with E-state index in [1.807, 2.05) is 56.3 Å². The number of nitrogens with zero attached hydrogens (tertiary/aromatic N) is 1. The van der Waals surface area contributed by atoms with E-state index in [4.69, 9.17) is 0 Å². The Hall–Kier alpha value is -2.34. The molecule has 0 spiro atoms. The standard InChI is InChI=1S/C20H22BrN3O2/c1-13-5-10-18(17(21)12-13)23-20(26)14(2)22-15-6-8-16(9-7-15)24-11-3-4-19(24)25/h5-10,12,14,22H,3-4,11H2,1-2H3,(H,23,26)/t14-/m0/s1. The van der Waals surface area contributed by atoms with Gasteiger partial charge in [-0.05, 0) is 78.2 Å². The third-order valence-corrected chi connectivity index (χ3v) is 5.07. The molecule has 1 heterocycles. The van der Waals surface area contributed by atoms with Gasteiger partial charge in [-0.25, -0.2) is 0 Å². The Morgan fingerprint density at radius 1 is 1.19 bits per heavy atom. The third-order valence-electron chi connectivity index (χ3n) is 4.41. The molecule has 6 heteroatoms. The van der Waals surface area contributed by atoms with Crippen molar-refractivity contribution in [2.45, 2.75) is 32.7 Å². The molecule has 2 N–H and O–H groups in total. The van der Waals surface area contributed by atoms with E-state index in [9.17, 15) is 9.59 Å². The summed E-state index contributed by atoms with van der Waals surface area (Å²) in [6.45, 7) is 4.59. The fourth-order valence-electron chi connectivity index (χ4n) is 2.94. The minimum absolute atomic E-state index is 0.117. The summed E-state index contributed by atoms with van der Waals surface area (Å²) >= 11 is 3.47. The van der Waals surface area contributed by atoms with Crippen molar-refractivity contribution in [3.8, 4) is 0 Å². The summed E-state index contributed by atoms with van der Waals surface area (Å²) in [6.07, 6.45) is 1.52. The van der Waals surface area contributed by atoms with Gasteiger partial charge in [0.2, 0.25) is 11.8 Å². The van der Waals surface area contributed by atoms with Crippen LogP contribution in [0.3, 0.4) is 0 Å². The SMILES string of the molecule is Cc1ccc(NC(=O)[C@H](C)Nc2ccc(N3CCCC3=O)cc2)c(Br)c1. The van der Waals surface area contributed by atoms with Crippen LogP contribution in [0, 0.1) is 6.92 Å². The highest BCUT2D eigenvalue weighted by molar-refractivity contribution is 9.10. The first-order valence-electron chi connectivity index (χ1n) is 8.68. The number of carbonyl (C=O) groups is 2. The van der Waals surface area contributed by atoms with Gasteiger partial charge in [0.15, 0.2) is 0 Å². The summed E-state index contributed by atoms with van der Waals surface area (Å²) in [5, 5.41) is 6.11. The molecule has 0 unspecified atom stereocenters. The van der Waals surface area contributed by atoms with Crippen LogP contribution in [0.2, 0.25) is 0 Å². The van der Waals surface area contributed by atoms with Crippen molar-refractivity contribution in [1.29, 1.82) is 0 Å². The molecule has 5 nitrogen and oxygen atoms in total. The molecule has 1 atom stereocenters. The second-order valence-corrected chi connectivity index (χ2v) is 7.39. The highest BCUT2D eigenvalue weighted by Crippen LogP contribution is 2.25. The fourth-order valence-corrected chi connectivity index (χ4v) is 3.53. The van der Waals surface area contributed by atoms with Gasteiger partial charge in [0.25, 0.3) is 0 Å². The van der Waals surface area contributed by atoms with Crippen molar-refractivity contribution >= 4 is 44.8 Å². The highest BCUT2D eigenvalue weighted by Gasteiger charge is 2.21. The topological polar surface area (TPSA) is 61.4 Å². The maximum atomic E-state index is 12.4. The van der Waals surface area contributed by atoms with E-state index < -0.39 is 6.04 Å². The van der Waals surface area contributed by atoms with Crippen molar-refractivity contribution in [3.05, 3.63) is 52.5 Å². The Balaban J connectivity index is 1.61. The van der Waals surface area contributed by atoms with Gasteiger partial charge in [0.1, 0.15) is 6.04 Å². The summed E-state index contributed by atoms with van der Waals surface area (Å²) in [5.41, 5.74) is 3.61. The fraction of sp³-hybridized carbons (Fsp3) is 0.300. The van der Waals surface area contributed by atoms with E-state index >= 15 is 0 Å². The minimum atomic E-state index is -0.400. The van der Waals surface area contributed by atoms with Crippen LogP contribution < -0.4 is 15.5 Å². The normalized spacial score (nSPS) is 15.0. The molecule has 0 bridgehead atoms. The molecule has 3 rings (SSSR count). The second-order valence-electron chi connectivity index (χ2n) is 6.53. The number of benzene rings is 2. The van der Waals surface area contributed by atoms with Crippen molar-refractivity contribution in [1.82, 2.24) is 0 Å². The van der Waals surface area contributed by atoms with Crippen molar-refractivity contribution < 1.29 is 9.59 Å². The molecule has 0 saturated carbocycles. The molecule has 1 fully saturated rings. The van der Waals surface area contributed by atoms with E-state index in [2.05, 4.69) is 26.6 Å². The van der Waals surface area contributed by atoms with E-state index in [0.29, 0.717) is 6.42 Å². The Kier molecular flexibility index (Phi) is 5.61.